The molecule has 1 aliphatic rings. The first-order chi connectivity index (χ1) is 15.8. The standard InChI is InChI=1S/C26H30N6O/c1-16(2)25-31-30-19(5)32(25)23-13-21(20-8-6-17(3)7-9-20)12-22(14-23)26(33)29-18(4)24-15-27-10-11-28-24/h6-13,15-16,18,22H,14H2,1-5H3,(H,29,33). The van der Waals surface area contributed by atoms with Gasteiger partial charge in [-0.15, -0.1) is 10.2 Å². The molecule has 1 amide bonds. The molecule has 1 N–H and O–H groups in total. The fraction of sp³-hybridized carbons (Fsp3) is 0.346. The molecule has 2 heterocycles. The average Bonchev–Trinajstić information content (AvgIpc) is 3.21. The van der Waals surface area contributed by atoms with Crippen molar-refractivity contribution in [3.05, 3.63) is 83.5 Å². The molecule has 3 aromatic rings. The summed E-state index contributed by atoms with van der Waals surface area (Å²) < 4.78 is 2.10. The van der Waals surface area contributed by atoms with Gasteiger partial charge in [-0.2, -0.15) is 0 Å². The molecule has 0 radical (unpaired) electrons. The fourth-order valence-electron chi connectivity index (χ4n) is 4.07. The van der Waals surface area contributed by atoms with E-state index in [-0.39, 0.29) is 23.8 Å². The van der Waals surface area contributed by atoms with E-state index >= 15 is 0 Å². The third-order valence-electron chi connectivity index (χ3n) is 5.89. The number of allylic oxidation sites excluding steroid dienone is 3. The SMILES string of the molecule is Cc1ccc(C2=CC(C(=O)NC(C)c3cnccn3)CC(n3c(C)nnc3C(C)C)=C2)cc1. The second kappa shape index (κ2) is 9.48. The Bertz CT molecular complexity index is 1190. The molecule has 4 rings (SSSR count). The van der Waals surface area contributed by atoms with Crippen LogP contribution < -0.4 is 5.32 Å². The normalized spacial score (nSPS) is 16.8. The van der Waals surface area contributed by atoms with Gasteiger partial charge >= 0.3 is 0 Å². The summed E-state index contributed by atoms with van der Waals surface area (Å²) in [6.07, 6.45) is 9.72. The summed E-state index contributed by atoms with van der Waals surface area (Å²) in [6.45, 7) is 10.2. The molecule has 0 fully saturated rings. The molecule has 7 nitrogen and oxygen atoms in total. The van der Waals surface area contributed by atoms with E-state index in [1.54, 1.807) is 18.6 Å². The molecule has 1 aliphatic carbocycles. The lowest BCUT2D eigenvalue weighted by atomic mass is 9.89. The number of nitrogens with zero attached hydrogens (tertiary/aromatic N) is 5. The zero-order valence-corrected chi connectivity index (χ0v) is 19.8. The summed E-state index contributed by atoms with van der Waals surface area (Å²) in [7, 11) is 0. The van der Waals surface area contributed by atoms with Crippen molar-refractivity contribution in [1.82, 2.24) is 30.0 Å². The number of carbonyl (C=O) groups is 1. The second-order valence-corrected chi connectivity index (χ2v) is 8.89. The maximum atomic E-state index is 13.4. The van der Waals surface area contributed by atoms with Crippen LogP contribution in [0.1, 0.15) is 67.6 Å². The molecular weight excluding hydrogens is 412 g/mol. The van der Waals surface area contributed by atoms with E-state index in [0.717, 1.165) is 34.2 Å². The van der Waals surface area contributed by atoms with Gasteiger partial charge in [-0.1, -0.05) is 49.8 Å². The Kier molecular flexibility index (Phi) is 6.49. The van der Waals surface area contributed by atoms with E-state index in [0.29, 0.717) is 6.42 Å². The van der Waals surface area contributed by atoms with Gasteiger partial charge in [0, 0.05) is 30.4 Å². The lowest BCUT2D eigenvalue weighted by Crippen LogP contribution is -2.33. The van der Waals surface area contributed by atoms with Crippen LogP contribution in [0.3, 0.4) is 0 Å². The number of aryl methyl sites for hydroxylation is 2. The number of hydrogen-bond acceptors (Lipinski definition) is 5. The summed E-state index contributed by atoms with van der Waals surface area (Å²) in [5.41, 5.74) is 5.05. The van der Waals surface area contributed by atoms with Crippen LogP contribution in [0.2, 0.25) is 0 Å². The molecule has 170 valence electrons. The maximum Gasteiger partial charge on any atom is 0.227 e. The van der Waals surface area contributed by atoms with Gasteiger partial charge in [0.25, 0.3) is 0 Å². The zero-order chi connectivity index (χ0) is 23.5. The molecule has 7 heteroatoms. The number of nitrogens with one attached hydrogen (secondary N) is 1. The van der Waals surface area contributed by atoms with E-state index in [1.165, 1.54) is 5.56 Å². The summed E-state index contributed by atoms with van der Waals surface area (Å²) in [5.74, 6) is 1.56. The number of benzene rings is 1. The van der Waals surface area contributed by atoms with E-state index in [2.05, 4.69) is 87.2 Å². The van der Waals surface area contributed by atoms with E-state index in [9.17, 15) is 4.79 Å². The predicted octanol–water partition coefficient (Wildman–Crippen LogP) is 4.63. The van der Waals surface area contributed by atoms with Gasteiger partial charge in [0.15, 0.2) is 0 Å². The van der Waals surface area contributed by atoms with Gasteiger partial charge in [-0.25, -0.2) is 0 Å². The number of rotatable bonds is 6. The molecule has 0 bridgehead atoms. The first kappa shape index (κ1) is 22.6. The molecule has 0 spiro atoms. The van der Waals surface area contributed by atoms with Crippen LogP contribution in [0.25, 0.3) is 11.3 Å². The van der Waals surface area contributed by atoms with E-state index < -0.39 is 0 Å². The van der Waals surface area contributed by atoms with E-state index in [1.807, 2.05) is 13.8 Å². The van der Waals surface area contributed by atoms with Gasteiger partial charge in [-0.3, -0.25) is 19.3 Å². The fourth-order valence-corrected chi connectivity index (χ4v) is 4.07. The minimum Gasteiger partial charge on any atom is -0.347 e. The van der Waals surface area contributed by atoms with Crippen molar-refractivity contribution in [2.45, 2.75) is 53.0 Å². The smallest absolute Gasteiger partial charge is 0.227 e. The third-order valence-corrected chi connectivity index (χ3v) is 5.89. The summed E-state index contributed by atoms with van der Waals surface area (Å²) in [6, 6.07) is 8.14. The van der Waals surface area contributed by atoms with Gasteiger partial charge in [-0.05, 0) is 38.0 Å². The third kappa shape index (κ3) is 4.92. The molecule has 2 atom stereocenters. The van der Waals surface area contributed by atoms with Crippen LogP contribution in [0.15, 0.2) is 55.0 Å². The quantitative estimate of drug-likeness (QED) is 0.602. The highest BCUT2D eigenvalue weighted by molar-refractivity contribution is 5.90. The summed E-state index contributed by atoms with van der Waals surface area (Å²) in [4.78, 5) is 21.8. The Labute approximate surface area is 194 Å². The van der Waals surface area contributed by atoms with Gasteiger partial charge < -0.3 is 5.32 Å². The molecule has 0 saturated heterocycles. The van der Waals surface area contributed by atoms with Crippen molar-refractivity contribution in [1.29, 1.82) is 0 Å². The van der Waals surface area contributed by atoms with Crippen LogP contribution in [0.4, 0.5) is 0 Å². The highest BCUT2D eigenvalue weighted by atomic mass is 16.1. The molecule has 0 saturated carbocycles. The van der Waals surface area contributed by atoms with Crippen LogP contribution >= 0.6 is 0 Å². The van der Waals surface area contributed by atoms with Crippen molar-refractivity contribution in [3.63, 3.8) is 0 Å². The van der Waals surface area contributed by atoms with Crippen molar-refractivity contribution in [2.75, 3.05) is 0 Å². The van der Waals surface area contributed by atoms with Crippen molar-refractivity contribution < 1.29 is 4.79 Å². The van der Waals surface area contributed by atoms with Crippen molar-refractivity contribution in [3.8, 4) is 0 Å². The molecule has 33 heavy (non-hydrogen) atoms. The Balaban J connectivity index is 1.69. The Hall–Kier alpha value is -3.61. The van der Waals surface area contributed by atoms with Gasteiger partial charge in [0.1, 0.15) is 11.6 Å². The number of aromatic nitrogens is 5. The monoisotopic (exact) mass is 442 g/mol. The Morgan fingerprint density at radius 1 is 1.09 bits per heavy atom. The first-order valence-electron chi connectivity index (χ1n) is 11.3. The van der Waals surface area contributed by atoms with Crippen LogP contribution in [-0.2, 0) is 4.79 Å². The highest BCUT2D eigenvalue weighted by Gasteiger charge is 2.27. The Morgan fingerprint density at radius 3 is 2.52 bits per heavy atom. The predicted molar refractivity (Wildman–Crippen MR) is 129 cm³/mol. The molecule has 0 aliphatic heterocycles. The van der Waals surface area contributed by atoms with Crippen LogP contribution in [0.5, 0.6) is 0 Å². The second-order valence-electron chi connectivity index (χ2n) is 8.89. The van der Waals surface area contributed by atoms with Gasteiger partial charge in [0.05, 0.1) is 23.9 Å². The molecule has 2 unspecified atom stereocenters. The average molecular weight is 443 g/mol. The lowest BCUT2D eigenvalue weighted by Gasteiger charge is -2.25. The molecular formula is C26H30N6O. The van der Waals surface area contributed by atoms with Crippen molar-refractivity contribution in [2.24, 2.45) is 5.92 Å². The molecule has 1 aromatic carbocycles. The van der Waals surface area contributed by atoms with Gasteiger partial charge in [0.2, 0.25) is 5.91 Å². The number of carbonyl (C=O) groups excluding carboxylic acids is 1. The lowest BCUT2D eigenvalue weighted by molar-refractivity contribution is -0.124. The number of amides is 1. The summed E-state index contributed by atoms with van der Waals surface area (Å²) in [5, 5.41) is 11.8. The largest absolute Gasteiger partial charge is 0.347 e. The first-order valence-corrected chi connectivity index (χ1v) is 11.3. The van der Waals surface area contributed by atoms with E-state index in [4.69, 9.17) is 0 Å². The Morgan fingerprint density at radius 2 is 1.85 bits per heavy atom. The highest BCUT2D eigenvalue weighted by Crippen LogP contribution is 2.34. The minimum atomic E-state index is -0.331. The summed E-state index contributed by atoms with van der Waals surface area (Å²) >= 11 is 0. The number of hydrogen-bond donors (Lipinski definition) is 1. The zero-order valence-electron chi connectivity index (χ0n) is 19.8. The topological polar surface area (TPSA) is 85.6 Å². The molecule has 2 aromatic heterocycles. The van der Waals surface area contributed by atoms with Crippen LogP contribution in [0, 0.1) is 19.8 Å². The van der Waals surface area contributed by atoms with Crippen LogP contribution in [-0.4, -0.2) is 30.6 Å². The minimum absolute atomic E-state index is 0.0415. The maximum absolute atomic E-state index is 13.4. The van der Waals surface area contributed by atoms with Crippen molar-refractivity contribution >= 4 is 17.2 Å².